The lowest BCUT2D eigenvalue weighted by Gasteiger charge is -2.23. The molecule has 0 radical (unpaired) electrons. The average Bonchev–Trinajstić information content (AvgIpc) is 3.84. The van der Waals surface area contributed by atoms with Gasteiger partial charge in [-0.25, -0.2) is 18.4 Å². The fourth-order valence-electron chi connectivity index (χ4n) is 8.39. The van der Waals surface area contributed by atoms with Gasteiger partial charge in [-0.05, 0) is 70.8 Å². The Balaban J connectivity index is 0.000000192. The summed E-state index contributed by atoms with van der Waals surface area (Å²) in [5.41, 5.74) is 3.68. The fraction of sp³-hybridized carbons (Fsp3) is 0.145. The molecule has 2 aliphatic rings. The molecule has 2 aromatic heterocycles. The third kappa shape index (κ3) is 9.30. The third-order valence-corrected chi connectivity index (χ3v) is 11.9. The summed E-state index contributed by atoms with van der Waals surface area (Å²) in [5.74, 6) is -2.56. The molecule has 8 aromatic rings. The number of fused-ring (bicyclic) bond motifs is 4. The minimum absolute atomic E-state index is 0.0586. The van der Waals surface area contributed by atoms with Gasteiger partial charge in [0.05, 0.1) is 18.7 Å². The van der Waals surface area contributed by atoms with Crippen LogP contribution in [-0.4, -0.2) is 92.8 Å². The maximum atomic E-state index is 14.1. The Morgan fingerprint density at radius 3 is 1.58 bits per heavy atom. The molecule has 15 nitrogen and oxygen atoms in total. The Kier molecular flexibility index (Phi) is 13.3. The van der Waals surface area contributed by atoms with Crippen molar-refractivity contribution in [2.45, 2.75) is 25.7 Å². The number of rotatable bonds is 10. The number of carbonyl (C=O) groups is 5. The number of aromatic nitrogens is 2. The molecule has 0 saturated carbocycles. The Morgan fingerprint density at radius 1 is 0.583 bits per heavy atom. The van der Waals surface area contributed by atoms with Crippen molar-refractivity contribution in [1.82, 2.24) is 29.6 Å². The molecule has 0 unspecified atom stereocenters. The van der Waals surface area contributed by atoms with E-state index in [1.807, 2.05) is 60.7 Å². The summed E-state index contributed by atoms with van der Waals surface area (Å²) in [5, 5.41) is 11.5. The van der Waals surface area contributed by atoms with Crippen molar-refractivity contribution in [2.24, 2.45) is 0 Å². The molecule has 72 heavy (non-hydrogen) atoms. The van der Waals surface area contributed by atoms with Crippen LogP contribution in [0.25, 0.3) is 21.8 Å². The van der Waals surface area contributed by atoms with Gasteiger partial charge in [0.2, 0.25) is 0 Å². The number of imide groups is 1. The Labute approximate surface area is 411 Å². The SMILES string of the molecule is CN(C)C(=O)Oc1c2c(c(O)c3ncccc13)C(=O)N(Cc1ccc(F)cc1)C2.CN(C)C(=O)Oc1c2c(c(OC(c3ccccc3)c3ccccc3)c3ncccc13)C(=O)N(Cc1ccc(F)cc1)C2=O. The standard InChI is InChI=1S/C34H26FN3O5.C21H18FN3O4/c1-37(2)34(41)43-30-25-14-9-19-36-28(25)31(42-29(22-10-5-3-6-11-22)23-12-7-4-8-13-23)27-26(30)32(39)38(33(27)40)20-21-15-17-24(35)18-16-21;1-24(2)21(28)29-19-14-4-3-9-23-17(14)18(26)16-15(19)11-25(20(16)27)10-12-5-7-13(22)8-6-12/h3-19,29H,20H2,1-2H3;3-9,26H,10-11H2,1-2H3. The van der Waals surface area contributed by atoms with Crippen molar-refractivity contribution in [3.63, 3.8) is 0 Å². The molecule has 5 amide bonds. The molecule has 10 rings (SSSR count). The number of benzene rings is 6. The number of nitrogens with zero attached hydrogens (tertiary/aromatic N) is 6. The molecule has 4 heterocycles. The molecule has 0 aliphatic carbocycles. The average molecular weight is 971 g/mol. The fourth-order valence-corrected chi connectivity index (χ4v) is 8.39. The van der Waals surface area contributed by atoms with Crippen molar-refractivity contribution in [3.8, 4) is 23.0 Å². The third-order valence-electron chi connectivity index (χ3n) is 11.9. The van der Waals surface area contributed by atoms with Crippen LogP contribution in [-0.2, 0) is 19.6 Å². The van der Waals surface area contributed by atoms with Crippen LogP contribution in [0, 0.1) is 11.6 Å². The number of pyridine rings is 2. The largest absolute Gasteiger partial charge is 0.505 e. The van der Waals surface area contributed by atoms with Crippen molar-refractivity contribution in [1.29, 1.82) is 0 Å². The second-order valence-corrected chi connectivity index (χ2v) is 17.2. The maximum Gasteiger partial charge on any atom is 0.414 e. The molecule has 0 atom stereocenters. The Hall–Kier alpha value is -9.25. The molecule has 6 aromatic carbocycles. The van der Waals surface area contributed by atoms with Crippen molar-refractivity contribution in [3.05, 3.63) is 202 Å². The van der Waals surface area contributed by atoms with Crippen LogP contribution in [0.4, 0.5) is 18.4 Å². The molecular weight excluding hydrogens is 927 g/mol. The predicted octanol–water partition coefficient (Wildman–Crippen LogP) is 9.69. The van der Waals surface area contributed by atoms with E-state index in [0.29, 0.717) is 21.9 Å². The van der Waals surface area contributed by atoms with E-state index in [1.165, 1.54) is 77.6 Å². The highest BCUT2D eigenvalue weighted by molar-refractivity contribution is 6.27. The number of ether oxygens (including phenoxy) is 3. The first-order chi connectivity index (χ1) is 34.7. The van der Waals surface area contributed by atoms with Gasteiger partial charge in [-0.15, -0.1) is 0 Å². The molecule has 0 saturated heterocycles. The number of aromatic hydroxyl groups is 1. The van der Waals surface area contributed by atoms with Gasteiger partial charge in [0.1, 0.15) is 45.6 Å². The lowest BCUT2D eigenvalue weighted by Crippen LogP contribution is -2.29. The van der Waals surface area contributed by atoms with Crippen LogP contribution in [0.2, 0.25) is 0 Å². The van der Waals surface area contributed by atoms with Crippen molar-refractivity contribution < 1.29 is 52.1 Å². The predicted molar refractivity (Wildman–Crippen MR) is 261 cm³/mol. The van der Waals surface area contributed by atoms with E-state index in [0.717, 1.165) is 21.6 Å². The zero-order chi connectivity index (χ0) is 50.8. The van der Waals surface area contributed by atoms with E-state index in [4.69, 9.17) is 14.2 Å². The number of amides is 5. The monoisotopic (exact) mass is 970 g/mol. The Morgan fingerprint density at radius 2 is 1.06 bits per heavy atom. The van der Waals surface area contributed by atoms with Gasteiger partial charge >= 0.3 is 12.2 Å². The highest BCUT2D eigenvalue weighted by Gasteiger charge is 2.44. The molecule has 0 fully saturated rings. The van der Waals surface area contributed by atoms with Gasteiger partial charge in [-0.1, -0.05) is 84.9 Å². The number of hydrogen-bond donors (Lipinski definition) is 1. The summed E-state index contributed by atoms with van der Waals surface area (Å²) in [7, 11) is 6.13. The van der Waals surface area contributed by atoms with E-state index >= 15 is 0 Å². The zero-order valence-electron chi connectivity index (χ0n) is 39.2. The second kappa shape index (κ2) is 20.0. The molecule has 0 bridgehead atoms. The van der Waals surface area contributed by atoms with E-state index in [9.17, 15) is 37.9 Å². The smallest absolute Gasteiger partial charge is 0.414 e. The van der Waals surface area contributed by atoms with Gasteiger partial charge < -0.3 is 34.0 Å². The molecule has 362 valence electrons. The summed E-state index contributed by atoms with van der Waals surface area (Å²) >= 11 is 0. The van der Waals surface area contributed by atoms with Gasteiger partial charge in [-0.2, -0.15) is 0 Å². The highest BCUT2D eigenvalue weighted by atomic mass is 19.1. The minimum Gasteiger partial charge on any atom is -0.505 e. The second-order valence-electron chi connectivity index (χ2n) is 17.2. The number of phenols is 1. The quantitative estimate of drug-likeness (QED) is 0.129. The molecule has 17 heteroatoms. The lowest BCUT2D eigenvalue weighted by molar-refractivity contribution is 0.0639. The summed E-state index contributed by atoms with van der Waals surface area (Å²) in [6.45, 7) is 0.232. The minimum atomic E-state index is -0.732. The Bertz CT molecular complexity index is 3370. The topological polar surface area (TPSA) is 172 Å². The first-order valence-electron chi connectivity index (χ1n) is 22.5. The zero-order valence-corrected chi connectivity index (χ0v) is 39.2. The van der Waals surface area contributed by atoms with Gasteiger partial charge in [0.25, 0.3) is 17.7 Å². The van der Waals surface area contributed by atoms with Gasteiger partial charge in [-0.3, -0.25) is 29.3 Å². The van der Waals surface area contributed by atoms with Crippen molar-refractivity contribution in [2.75, 3.05) is 28.2 Å². The summed E-state index contributed by atoms with van der Waals surface area (Å²) < 4.78 is 44.8. The van der Waals surface area contributed by atoms with Crippen LogP contribution < -0.4 is 14.2 Å². The molecule has 2 aliphatic heterocycles. The maximum absolute atomic E-state index is 14.1. The van der Waals surface area contributed by atoms with Gasteiger partial charge in [0, 0.05) is 63.5 Å². The summed E-state index contributed by atoms with van der Waals surface area (Å²) in [6, 6.07) is 37.0. The highest BCUT2D eigenvalue weighted by Crippen LogP contribution is 2.47. The summed E-state index contributed by atoms with van der Waals surface area (Å²) in [6.07, 6.45) is 1.02. The first-order valence-corrected chi connectivity index (χ1v) is 22.5. The number of halogens is 2. The van der Waals surface area contributed by atoms with E-state index in [-0.39, 0.29) is 76.2 Å². The van der Waals surface area contributed by atoms with Crippen molar-refractivity contribution >= 4 is 51.7 Å². The first kappa shape index (κ1) is 47.8. The molecular formula is C55H44F2N6O9. The molecule has 0 spiro atoms. The summed E-state index contributed by atoms with van der Waals surface area (Å²) in [4.78, 5) is 79.9. The lowest BCUT2D eigenvalue weighted by atomic mass is 9.99. The number of carbonyl (C=O) groups excluding carboxylic acids is 5. The van der Waals surface area contributed by atoms with Gasteiger partial charge in [0.15, 0.2) is 17.2 Å². The van der Waals surface area contributed by atoms with Crippen LogP contribution in [0.1, 0.15) is 65.0 Å². The van der Waals surface area contributed by atoms with Crippen LogP contribution in [0.15, 0.2) is 146 Å². The number of hydrogen-bond acceptors (Lipinski definition) is 11. The van der Waals surface area contributed by atoms with E-state index in [2.05, 4.69) is 9.97 Å². The van der Waals surface area contributed by atoms with Crippen LogP contribution >= 0.6 is 0 Å². The van der Waals surface area contributed by atoms with E-state index in [1.54, 1.807) is 50.5 Å². The van der Waals surface area contributed by atoms with Crippen LogP contribution in [0.5, 0.6) is 23.0 Å². The van der Waals surface area contributed by atoms with E-state index < -0.39 is 41.8 Å². The number of phenolic OH excluding ortho intramolecular Hbond substituents is 1. The van der Waals surface area contributed by atoms with Crippen LogP contribution in [0.3, 0.4) is 0 Å². The molecule has 1 N–H and O–H groups in total. The normalized spacial score (nSPS) is 12.7.